The smallest absolute Gasteiger partial charge is 0.256 e. The van der Waals surface area contributed by atoms with Crippen molar-refractivity contribution in [2.75, 3.05) is 5.32 Å². The summed E-state index contributed by atoms with van der Waals surface area (Å²) >= 11 is 5.82. The zero-order valence-corrected chi connectivity index (χ0v) is 9.21. The predicted octanol–water partition coefficient (Wildman–Crippen LogP) is 1.52. The van der Waals surface area contributed by atoms with Gasteiger partial charge in [-0.1, -0.05) is 24.6 Å². The number of hydrogen-bond acceptors (Lipinski definition) is 3. The summed E-state index contributed by atoms with van der Waals surface area (Å²) < 4.78 is 0. The van der Waals surface area contributed by atoms with Crippen molar-refractivity contribution in [3.8, 4) is 0 Å². The van der Waals surface area contributed by atoms with E-state index in [1.54, 1.807) is 12.1 Å². The molecule has 0 aliphatic carbocycles. The van der Waals surface area contributed by atoms with Crippen molar-refractivity contribution in [3.05, 3.63) is 29.3 Å². The van der Waals surface area contributed by atoms with Gasteiger partial charge < -0.3 is 5.32 Å². The molecule has 5 heteroatoms. The van der Waals surface area contributed by atoms with Crippen molar-refractivity contribution in [1.29, 1.82) is 0 Å². The van der Waals surface area contributed by atoms with Crippen LogP contribution in [0.2, 0.25) is 5.02 Å². The number of carbonyl (C=O) groups excluding carboxylic acids is 1. The Bertz CT molecular complexity index is 343. The van der Waals surface area contributed by atoms with Gasteiger partial charge in [-0.2, -0.15) is 0 Å². The van der Waals surface area contributed by atoms with E-state index in [1.165, 1.54) is 0 Å². The SMILES string of the molecule is CC[C@H](Nc1cccc(Cl)c1)C(=O)NN. The molecule has 0 bridgehead atoms. The first-order valence-electron chi connectivity index (χ1n) is 4.70. The van der Waals surface area contributed by atoms with Crippen LogP contribution >= 0.6 is 11.6 Å². The third-order valence-electron chi connectivity index (χ3n) is 2.03. The zero-order valence-electron chi connectivity index (χ0n) is 8.46. The Morgan fingerprint density at radius 2 is 2.33 bits per heavy atom. The Hall–Kier alpha value is -1.26. The molecule has 0 saturated heterocycles. The minimum absolute atomic E-state index is 0.238. The molecule has 82 valence electrons. The topological polar surface area (TPSA) is 67.2 Å². The average Bonchev–Trinajstić information content (AvgIpc) is 2.25. The van der Waals surface area contributed by atoms with Crippen molar-refractivity contribution in [2.24, 2.45) is 5.84 Å². The summed E-state index contributed by atoms with van der Waals surface area (Å²) in [5.74, 6) is 4.83. The number of carbonyl (C=O) groups is 1. The second kappa shape index (κ2) is 5.58. The lowest BCUT2D eigenvalue weighted by Gasteiger charge is -2.16. The number of hydrazine groups is 1. The zero-order chi connectivity index (χ0) is 11.3. The maximum absolute atomic E-state index is 11.3. The second-order valence-electron chi connectivity index (χ2n) is 3.12. The Morgan fingerprint density at radius 3 is 2.87 bits per heavy atom. The monoisotopic (exact) mass is 227 g/mol. The van der Waals surface area contributed by atoms with E-state index in [0.717, 1.165) is 5.69 Å². The molecular weight excluding hydrogens is 214 g/mol. The molecule has 0 aromatic heterocycles. The molecule has 4 N–H and O–H groups in total. The summed E-state index contributed by atoms with van der Waals surface area (Å²) in [5.41, 5.74) is 2.92. The number of hydrogen-bond donors (Lipinski definition) is 3. The van der Waals surface area contributed by atoms with Crippen molar-refractivity contribution in [2.45, 2.75) is 19.4 Å². The van der Waals surface area contributed by atoms with E-state index in [0.29, 0.717) is 11.4 Å². The molecule has 1 amide bonds. The summed E-state index contributed by atoms with van der Waals surface area (Å²) in [4.78, 5) is 11.3. The van der Waals surface area contributed by atoms with Crippen LogP contribution < -0.4 is 16.6 Å². The van der Waals surface area contributed by atoms with Gasteiger partial charge in [0.05, 0.1) is 0 Å². The molecule has 0 spiro atoms. The number of amides is 1. The van der Waals surface area contributed by atoms with E-state index in [4.69, 9.17) is 17.4 Å². The van der Waals surface area contributed by atoms with Crippen LogP contribution in [0.25, 0.3) is 0 Å². The molecule has 4 nitrogen and oxygen atoms in total. The van der Waals surface area contributed by atoms with Crippen LogP contribution in [0.1, 0.15) is 13.3 Å². The Morgan fingerprint density at radius 1 is 1.60 bits per heavy atom. The van der Waals surface area contributed by atoms with Gasteiger partial charge in [0.15, 0.2) is 0 Å². The van der Waals surface area contributed by atoms with E-state index in [2.05, 4.69) is 10.7 Å². The largest absolute Gasteiger partial charge is 0.374 e. The Labute approximate surface area is 93.8 Å². The molecule has 0 aliphatic heterocycles. The van der Waals surface area contributed by atoms with Crippen LogP contribution in [-0.4, -0.2) is 11.9 Å². The molecule has 0 fully saturated rings. The highest BCUT2D eigenvalue weighted by atomic mass is 35.5. The molecule has 1 aromatic rings. The standard InChI is InChI=1S/C10H14ClN3O/c1-2-9(10(15)14-12)13-8-5-3-4-7(11)6-8/h3-6,9,13H,2,12H2,1H3,(H,14,15)/t9-/m0/s1. The quantitative estimate of drug-likeness (QED) is 0.415. The fourth-order valence-electron chi connectivity index (χ4n) is 1.23. The van der Waals surface area contributed by atoms with Crippen LogP contribution in [0.4, 0.5) is 5.69 Å². The summed E-state index contributed by atoms with van der Waals surface area (Å²) in [5, 5.41) is 3.67. The first-order chi connectivity index (χ1) is 7.17. The van der Waals surface area contributed by atoms with Crippen LogP contribution in [0.3, 0.4) is 0 Å². The second-order valence-corrected chi connectivity index (χ2v) is 3.56. The Balaban J connectivity index is 2.70. The van der Waals surface area contributed by atoms with Gasteiger partial charge in [-0.25, -0.2) is 5.84 Å². The molecule has 0 heterocycles. The fraction of sp³-hybridized carbons (Fsp3) is 0.300. The normalized spacial score (nSPS) is 11.9. The lowest BCUT2D eigenvalue weighted by molar-refractivity contribution is -0.121. The van der Waals surface area contributed by atoms with Crippen LogP contribution in [-0.2, 0) is 4.79 Å². The van der Waals surface area contributed by atoms with Gasteiger partial charge in [0.1, 0.15) is 6.04 Å². The number of rotatable bonds is 4. The van der Waals surface area contributed by atoms with E-state index in [-0.39, 0.29) is 11.9 Å². The molecule has 1 atom stereocenters. The van der Waals surface area contributed by atoms with Gasteiger partial charge in [0.2, 0.25) is 0 Å². The van der Waals surface area contributed by atoms with Gasteiger partial charge in [-0.05, 0) is 24.6 Å². The van der Waals surface area contributed by atoms with Crippen molar-refractivity contribution < 1.29 is 4.79 Å². The van der Waals surface area contributed by atoms with Crippen molar-refractivity contribution in [3.63, 3.8) is 0 Å². The summed E-state index contributed by atoms with van der Waals surface area (Å²) in [7, 11) is 0. The summed E-state index contributed by atoms with van der Waals surface area (Å²) in [6.45, 7) is 1.90. The molecular formula is C10H14ClN3O. The third kappa shape index (κ3) is 3.42. The average molecular weight is 228 g/mol. The summed E-state index contributed by atoms with van der Waals surface area (Å²) in [6, 6.07) is 6.86. The first-order valence-corrected chi connectivity index (χ1v) is 5.07. The van der Waals surface area contributed by atoms with Gasteiger partial charge in [0.25, 0.3) is 5.91 Å². The van der Waals surface area contributed by atoms with Gasteiger partial charge in [0, 0.05) is 10.7 Å². The number of nitrogens with two attached hydrogens (primary N) is 1. The number of anilines is 1. The van der Waals surface area contributed by atoms with E-state index >= 15 is 0 Å². The number of benzene rings is 1. The maximum atomic E-state index is 11.3. The minimum Gasteiger partial charge on any atom is -0.374 e. The van der Waals surface area contributed by atoms with E-state index in [1.807, 2.05) is 19.1 Å². The fourth-order valence-corrected chi connectivity index (χ4v) is 1.42. The predicted molar refractivity (Wildman–Crippen MR) is 61.5 cm³/mol. The van der Waals surface area contributed by atoms with Crippen LogP contribution in [0, 0.1) is 0 Å². The Kier molecular flexibility index (Phi) is 4.39. The highest BCUT2D eigenvalue weighted by Crippen LogP contribution is 2.16. The molecule has 0 unspecified atom stereocenters. The van der Waals surface area contributed by atoms with Crippen molar-refractivity contribution >= 4 is 23.2 Å². The molecule has 0 radical (unpaired) electrons. The van der Waals surface area contributed by atoms with E-state index < -0.39 is 0 Å². The van der Waals surface area contributed by atoms with Gasteiger partial charge in [-0.15, -0.1) is 0 Å². The highest BCUT2D eigenvalue weighted by molar-refractivity contribution is 6.30. The van der Waals surface area contributed by atoms with E-state index in [9.17, 15) is 4.79 Å². The lowest BCUT2D eigenvalue weighted by atomic mass is 10.2. The van der Waals surface area contributed by atoms with Crippen molar-refractivity contribution in [1.82, 2.24) is 5.43 Å². The molecule has 0 aliphatic rings. The molecule has 15 heavy (non-hydrogen) atoms. The van der Waals surface area contributed by atoms with Gasteiger partial charge >= 0.3 is 0 Å². The van der Waals surface area contributed by atoms with Gasteiger partial charge in [-0.3, -0.25) is 10.2 Å². The minimum atomic E-state index is -0.339. The molecule has 1 aromatic carbocycles. The lowest BCUT2D eigenvalue weighted by Crippen LogP contribution is -2.42. The third-order valence-corrected chi connectivity index (χ3v) is 2.27. The molecule has 1 rings (SSSR count). The van der Waals surface area contributed by atoms with Crippen LogP contribution in [0.15, 0.2) is 24.3 Å². The van der Waals surface area contributed by atoms with Crippen LogP contribution in [0.5, 0.6) is 0 Å². The highest BCUT2D eigenvalue weighted by Gasteiger charge is 2.14. The molecule has 0 saturated carbocycles. The number of halogens is 1. The number of nitrogens with one attached hydrogen (secondary N) is 2. The maximum Gasteiger partial charge on any atom is 0.256 e. The summed E-state index contributed by atoms with van der Waals surface area (Å²) in [6.07, 6.45) is 0.648. The first kappa shape index (κ1) is 11.8.